The van der Waals surface area contributed by atoms with Crippen LogP contribution in [0.3, 0.4) is 0 Å². The minimum absolute atomic E-state index is 0.471. The minimum Gasteiger partial charge on any atom is -0.489 e. The average molecular weight is 240 g/mol. The number of hydrogen-bond acceptors (Lipinski definition) is 3. The maximum atomic E-state index is 5.78. The molecule has 2 N–H and O–H groups in total. The molecular weight excluding hydrogens is 224 g/mol. The maximum Gasteiger partial charge on any atom is 0.129 e. The predicted molar refractivity (Wildman–Crippen MR) is 71.4 cm³/mol. The molecule has 0 spiro atoms. The van der Waals surface area contributed by atoms with Crippen LogP contribution in [-0.4, -0.2) is 4.98 Å². The molecule has 3 heteroatoms. The van der Waals surface area contributed by atoms with Gasteiger partial charge in [0.1, 0.15) is 18.2 Å². The third kappa shape index (κ3) is 2.16. The molecule has 0 bridgehead atoms. The summed E-state index contributed by atoms with van der Waals surface area (Å²) in [7, 11) is 0. The first-order valence-corrected chi connectivity index (χ1v) is 6.27. The zero-order valence-corrected chi connectivity index (χ0v) is 10.2. The van der Waals surface area contributed by atoms with Gasteiger partial charge in [0.05, 0.1) is 0 Å². The second kappa shape index (κ2) is 4.69. The van der Waals surface area contributed by atoms with Gasteiger partial charge in [0.15, 0.2) is 0 Å². The second-order valence-corrected chi connectivity index (χ2v) is 4.62. The summed E-state index contributed by atoms with van der Waals surface area (Å²) in [6, 6.07) is 10.2. The third-order valence-electron chi connectivity index (χ3n) is 3.39. The molecule has 0 radical (unpaired) electrons. The Labute approximate surface area is 107 Å². The SMILES string of the molecule is Nc1ncccc1COc1ccc2c(c1)CCC2. The van der Waals surface area contributed by atoms with Crippen LogP contribution in [0.15, 0.2) is 36.5 Å². The number of nitrogens with two attached hydrogens (primary N) is 1. The molecule has 0 saturated carbocycles. The van der Waals surface area contributed by atoms with Crippen molar-refractivity contribution in [1.82, 2.24) is 4.98 Å². The largest absolute Gasteiger partial charge is 0.489 e. The molecule has 92 valence electrons. The van der Waals surface area contributed by atoms with Gasteiger partial charge in [-0.25, -0.2) is 4.98 Å². The van der Waals surface area contributed by atoms with Crippen molar-refractivity contribution in [3.8, 4) is 5.75 Å². The van der Waals surface area contributed by atoms with Crippen molar-refractivity contribution in [2.45, 2.75) is 25.9 Å². The van der Waals surface area contributed by atoms with Crippen LogP contribution in [0.25, 0.3) is 0 Å². The van der Waals surface area contributed by atoms with Gasteiger partial charge in [0.25, 0.3) is 0 Å². The molecule has 1 heterocycles. The maximum absolute atomic E-state index is 5.78. The lowest BCUT2D eigenvalue weighted by atomic mass is 10.1. The molecule has 0 aliphatic heterocycles. The summed E-state index contributed by atoms with van der Waals surface area (Å²) in [6.07, 6.45) is 5.31. The van der Waals surface area contributed by atoms with Crippen molar-refractivity contribution in [1.29, 1.82) is 0 Å². The molecule has 1 aromatic heterocycles. The topological polar surface area (TPSA) is 48.1 Å². The van der Waals surface area contributed by atoms with E-state index in [1.807, 2.05) is 18.2 Å². The molecule has 0 unspecified atom stereocenters. The number of fused-ring (bicyclic) bond motifs is 1. The standard InChI is InChI=1S/C15H16N2O/c16-15-13(5-2-8-17-15)10-18-14-7-6-11-3-1-4-12(11)9-14/h2,5-9H,1,3-4,10H2,(H2,16,17). The van der Waals surface area contributed by atoms with E-state index in [2.05, 4.69) is 17.1 Å². The zero-order chi connectivity index (χ0) is 12.4. The molecule has 3 rings (SSSR count). The molecule has 3 nitrogen and oxygen atoms in total. The molecule has 1 aromatic carbocycles. The van der Waals surface area contributed by atoms with Crippen molar-refractivity contribution in [3.05, 3.63) is 53.2 Å². The highest BCUT2D eigenvalue weighted by Gasteiger charge is 2.11. The Balaban J connectivity index is 1.72. The number of hydrogen-bond donors (Lipinski definition) is 1. The minimum atomic E-state index is 0.471. The second-order valence-electron chi connectivity index (χ2n) is 4.62. The van der Waals surface area contributed by atoms with E-state index >= 15 is 0 Å². The molecule has 18 heavy (non-hydrogen) atoms. The lowest BCUT2D eigenvalue weighted by Gasteiger charge is -2.09. The zero-order valence-electron chi connectivity index (χ0n) is 10.2. The molecule has 0 fully saturated rings. The summed E-state index contributed by atoms with van der Waals surface area (Å²) in [4.78, 5) is 4.05. The van der Waals surface area contributed by atoms with Crippen molar-refractivity contribution in [3.63, 3.8) is 0 Å². The van der Waals surface area contributed by atoms with Gasteiger partial charge in [-0.05, 0) is 48.6 Å². The summed E-state index contributed by atoms with van der Waals surface area (Å²) in [5, 5.41) is 0. The van der Waals surface area contributed by atoms with E-state index < -0.39 is 0 Å². The first-order chi connectivity index (χ1) is 8.83. The number of pyridine rings is 1. The predicted octanol–water partition coefficient (Wildman–Crippen LogP) is 2.73. The molecule has 0 saturated heterocycles. The Morgan fingerprint density at radius 3 is 2.94 bits per heavy atom. The number of ether oxygens (including phenoxy) is 1. The van der Waals surface area contributed by atoms with Crippen LogP contribution in [0.1, 0.15) is 23.1 Å². The van der Waals surface area contributed by atoms with Crippen LogP contribution in [0, 0.1) is 0 Å². The number of anilines is 1. The Morgan fingerprint density at radius 2 is 2.06 bits per heavy atom. The summed E-state index contributed by atoms with van der Waals surface area (Å²) in [5.41, 5.74) is 9.60. The number of aromatic nitrogens is 1. The molecule has 2 aromatic rings. The highest BCUT2D eigenvalue weighted by Crippen LogP contribution is 2.26. The molecule has 0 amide bonds. The number of aryl methyl sites for hydroxylation is 2. The van der Waals surface area contributed by atoms with Gasteiger partial charge in [-0.1, -0.05) is 12.1 Å². The Hall–Kier alpha value is -2.03. The molecular formula is C15H16N2O. The van der Waals surface area contributed by atoms with E-state index in [1.165, 1.54) is 30.4 Å². The highest BCUT2D eigenvalue weighted by atomic mass is 16.5. The van der Waals surface area contributed by atoms with Gasteiger partial charge in [-0.3, -0.25) is 0 Å². The monoisotopic (exact) mass is 240 g/mol. The van der Waals surface area contributed by atoms with Crippen LogP contribution in [-0.2, 0) is 19.4 Å². The van der Waals surface area contributed by atoms with Gasteiger partial charge >= 0.3 is 0 Å². The van der Waals surface area contributed by atoms with Crippen molar-refractivity contribution >= 4 is 5.82 Å². The number of nitrogens with zero attached hydrogens (tertiary/aromatic N) is 1. The summed E-state index contributed by atoms with van der Waals surface area (Å²) < 4.78 is 5.78. The van der Waals surface area contributed by atoms with Gasteiger partial charge in [0, 0.05) is 11.8 Å². The van der Waals surface area contributed by atoms with Gasteiger partial charge in [0.2, 0.25) is 0 Å². The summed E-state index contributed by atoms with van der Waals surface area (Å²) in [6.45, 7) is 0.471. The van der Waals surface area contributed by atoms with E-state index in [4.69, 9.17) is 10.5 Å². The van der Waals surface area contributed by atoms with Gasteiger partial charge in [-0.2, -0.15) is 0 Å². The number of benzene rings is 1. The van der Waals surface area contributed by atoms with Gasteiger partial charge in [-0.15, -0.1) is 0 Å². The first kappa shape index (κ1) is 11.1. The van der Waals surface area contributed by atoms with E-state index in [-0.39, 0.29) is 0 Å². The normalized spacial score (nSPS) is 13.3. The van der Waals surface area contributed by atoms with Crippen LogP contribution in [0.5, 0.6) is 5.75 Å². The fraction of sp³-hybridized carbons (Fsp3) is 0.267. The van der Waals surface area contributed by atoms with Crippen LogP contribution < -0.4 is 10.5 Å². The summed E-state index contributed by atoms with van der Waals surface area (Å²) in [5.74, 6) is 1.46. The quantitative estimate of drug-likeness (QED) is 0.897. The highest BCUT2D eigenvalue weighted by molar-refractivity contribution is 5.40. The fourth-order valence-corrected chi connectivity index (χ4v) is 2.37. The number of rotatable bonds is 3. The van der Waals surface area contributed by atoms with Crippen molar-refractivity contribution in [2.24, 2.45) is 0 Å². The molecule has 0 atom stereocenters. The Morgan fingerprint density at radius 1 is 1.17 bits per heavy atom. The average Bonchev–Trinajstić information content (AvgIpc) is 2.85. The van der Waals surface area contributed by atoms with Crippen LogP contribution in [0.4, 0.5) is 5.82 Å². The van der Waals surface area contributed by atoms with Crippen molar-refractivity contribution < 1.29 is 4.74 Å². The van der Waals surface area contributed by atoms with Crippen molar-refractivity contribution in [2.75, 3.05) is 5.73 Å². The molecule has 1 aliphatic carbocycles. The third-order valence-corrected chi connectivity index (χ3v) is 3.39. The Kier molecular flexibility index (Phi) is 2.89. The first-order valence-electron chi connectivity index (χ1n) is 6.27. The van der Waals surface area contributed by atoms with Crippen LogP contribution in [0.2, 0.25) is 0 Å². The van der Waals surface area contributed by atoms with Gasteiger partial charge < -0.3 is 10.5 Å². The van der Waals surface area contributed by atoms with E-state index in [0.717, 1.165) is 11.3 Å². The number of nitrogen functional groups attached to an aromatic ring is 1. The van der Waals surface area contributed by atoms with E-state index in [0.29, 0.717) is 12.4 Å². The smallest absolute Gasteiger partial charge is 0.129 e. The lowest BCUT2D eigenvalue weighted by molar-refractivity contribution is 0.306. The molecule has 1 aliphatic rings. The van der Waals surface area contributed by atoms with Crippen LogP contribution >= 0.6 is 0 Å². The summed E-state index contributed by atoms with van der Waals surface area (Å²) >= 11 is 0. The van der Waals surface area contributed by atoms with E-state index in [9.17, 15) is 0 Å². The Bertz CT molecular complexity index is 566. The fourth-order valence-electron chi connectivity index (χ4n) is 2.37. The van der Waals surface area contributed by atoms with E-state index in [1.54, 1.807) is 6.20 Å². The lowest BCUT2D eigenvalue weighted by Crippen LogP contribution is -2.02.